The van der Waals surface area contributed by atoms with Gasteiger partial charge >= 0.3 is 0 Å². The van der Waals surface area contributed by atoms with Gasteiger partial charge in [0.05, 0.1) is 11.5 Å². The second-order valence-corrected chi connectivity index (χ2v) is 11.7. The minimum Gasteiger partial charge on any atom is -0.351 e. The Bertz CT molecular complexity index is 1530. The van der Waals surface area contributed by atoms with Gasteiger partial charge in [-0.15, -0.1) is 0 Å². The molecule has 2 N–H and O–H groups in total. The summed E-state index contributed by atoms with van der Waals surface area (Å²) in [5.41, 5.74) is 3.20. The molecular formula is C31H33N5O3. The van der Waals surface area contributed by atoms with Crippen molar-refractivity contribution in [3.05, 3.63) is 65.4 Å². The van der Waals surface area contributed by atoms with Gasteiger partial charge in [0.25, 0.3) is 5.91 Å². The normalized spacial score (nSPS) is 22.7. The van der Waals surface area contributed by atoms with E-state index in [0.29, 0.717) is 18.0 Å². The molecule has 1 spiro atoms. The van der Waals surface area contributed by atoms with Crippen LogP contribution in [0.1, 0.15) is 67.1 Å². The number of aromatic nitrogens is 1. The SMILES string of the molecule is CC(C)C[C@@H](C(=O)N1C[C@]2(CC1C#N)C(=O)Nc1ccccc12)N(C)C(=O)c1cc2c(C3CC3)cccc2[nH]1. The predicted molar refractivity (Wildman–Crippen MR) is 148 cm³/mol. The summed E-state index contributed by atoms with van der Waals surface area (Å²) in [6.45, 7) is 4.13. The first kappa shape index (κ1) is 25.2. The van der Waals surface area contributed by atoms with Crippen molar-refractivity contribution in [3.8, 4) is 6.07 Å². The highest BCUT2D eigenvalue weighted by molar-refractivity contribution is 6.07. The van der Waals surface area contributed by atoms with E-state index in [9.17, 15) is 19.6 Å². The third-order valence-electron chi connectivity index (χ3n) is 8.63. The molecule has 1 saturated carbocycles. The smallest absolute Gasteiger partial charge is 0.270 e. The van der Waals surface area contributed by atoms with Crippen molar-refractivity contribution in [2.24, 2.45) is 5.92 Å². The number of hydrogen-bond donors (Lipinski definition) is 2. The Morgan fingerprint density at radius 2 is 1.95 bits per heavy atom. The number of rotatable bonds is 6. The summed E-state index contributed by atoms with van der Waals surface area (Å²) in [6.07, 6.45) is 3.01. The predicted octanol–water partition coefficient (Wildman–Crippen LogP) is 4.55. The zero-order chi connectivity index (χ0) is 27.5. The highest BCUT2D eigenvalue weighted by Gasteiger charge is 2.56. The maximum Gasteiger partial charge on any atom is 0.270 e. The third-order valence-corrected chi connectivity index (χ3v) is 8.63. The number of H-pyrrole nitrogens is 1. The summed E-state index contributed by atoms with van der Waals surface area (Å²) in [6, 6.07) is 16.2. The molecule has 0 radical (unpaired) electrons. The molecule has 200 valence electrons. The molecular weight excluding hydrogens is 490 g/mol. The van der Waals surface area contributed by atoms with Gasteiger partial charge in [-0.3, -0.25) is 14.4 Å². The molecule has 8 nitrogen and oxygen atoms in total. The van der Waals surface area contributed by atoms with Crippen molar-refractivity contribution in [3.63, 3.8) is 0 Å². The number of para-hydroxylation sites is 1. The van der Waals surface area contributed by atoms with Gasteiger partial charge in [0.1, 0.15) is 17.8 Å². The lowest BCUT2D eigenvalue weighted by Gasteiger charge is -2.33. The van der Waals surface area contributed by atoms with Gasteiger partial charge in [-0.05, 0) is 60.4 Å². The van der Waals surface area contributed by atoms with E-state index in [0.717, 1.165) is 22.2 Å². The summed E-state index contributed by atoms with van der Waals surface area (Å²) >= 11 is 0. The van der Waals surface area contributed by atoms with E-state index in [2.05, 4.69) is 22.4 Å². The number of likely N-dealkylation sites (tertiary alicyclic amines) is 1. The molecule has 3 aliphatic rings. The van der Waals surface area contributed by atoms with Crippen LogP contribution < -0.4 is 5.32 Å². The van der Waals surface area contributed by atoms with E-state index in [-0.39, 0.29) is 36.6 Å². The Labute approximate surface area is 228 Å². The van der Waals surface area contributed by atoms with Crippen molar-refractivity contribution in [2.75, 3.05) is 18.9 Å². The van der Waals surface area contributed by atoms with Crippen LogP contribution in [0.25, 0.3) is 10.9 Å². The zero-order valence-corrected chi connectivity index (χ0v) is 22.5. The van der Waals surface area contributed by atoms with Gasteiger partial charge in [-0.25, -0.2) is 0 Å². The Balaban J connectivity index is 1.30. The Morgan fingerprint density at radius 3 is 2.67 bits per heavy atom. The van der Waals surface area contributed by atoms with Crippen LogP contribution in [0, 0.1) is 17.2 Å². The first-order valence-corrected chi connectivity index (χ1v) is 13.7. The Kier molecular flexibility index (Phi) is 5.98. The van der Waals surface area contributed by atoms with Gasteiger partial charge < -0.3 is 20.1 Å². The lowest BCUT2D eigenvalue weighted by Crippen LogP contribution is -2.52. The quantitative estimate of drug-likeness (QED) is 0.494. The van der Waals surface area contributed by atoms with Crippen molar-refractivity contribution < 1.29 is 14.4 Å². The number of hydrogen-bond acceptors (Lipinski definition) is 4. The maximum absolute atomic E-state index is 14.1. The lowest BCUT2D eigenvalue weighted by molar-refractivity contribution is -0.136. The van der Waals surface area contributed by atoms with E-state index in [1.54, 1.807) is 7.05 Å². The number of nitrogens with zero attached hydrogens (tertiary/aromatic N) is 3. The van der Waals surface area contributed by atoms with Crippen LogP contribution in [0.15, 0.2) is 48.5 Å². The second-order valence-electron chi connectivity index (χ2n) is 11.7. The Hall–Kier alpha value is -4.12. The molecule has 0 bridgehead atoms. The van der Waals surface area contributed by atoms with Crippen molar-refractivity contribution >= 4 is 34.3 Å². The highest BCUT2D eigenvalue weighted by atomic mass is 16.2. The van der Waals surface area contributed by atoms with Gasteiger partial charge in [-0.2, -0.15) is 5.26 Å². The van der Waals surface area contributed by atoms with Crippen LogP contribution in [-0.4, -0.2) is 58.2 Å². The first-order chi connectivity index (χ1) is 18.7. The average Bonchev–Trinajstić information content (AvgIpc) is 3.45. The molecule has 1 aromatic heterocycles. The molecule has 2 aromatic carbocycles. The number of likely N-dealkylation sites (N-methyl/N-ethyl adjacent to an activating group) is 1. The molecule has 3 atom stereocenters. The fourth-order valence-electron chi connectivity index (χ4n) is 6.42. The number of nitrogens with one attached hydrogen (secondary N) is 2. The van der Waals surface area contributed by atoms with Crippen molar-refractivity contribution in [1.82, 2.24) is 14.8 Å². The summed E-state index contributed by atoms with van der Waals surface area (Å²) in [4.78, 5) is 47.4. The molecule has 2 fully saturated rings. The molecule has 1 saturated heterocycles. The topological polar surface area (TPSA) is 109 Å². The summed E-state index contributed by atoms with van der Waals surface area (Å²) in [5.74, 6) is -0.0725. The number of nitriles is 1. The number of carbonyl (C=O) groups is 3. The maximum atomic E-state index is 14.1. The standard InChI is InChI=1S/C31H33N5O3/c1-18(2)13-27(35(3)28(37)26-14-22-21(19-11-12-19)7-6-10-24(22)33-26)29(38)36-17-31(15-20(36)16-32)23-8-4-5-9-25(23)34-30(31)39/h4-10,14,18-20,27,33H,11-13,15,17H2,1-3H3,(H,34,39)/t20?,27-,31-/m0/s1. The Morgan fingerprint density at radius 1 is 1.18 bits per heavy atom. The lowest BCUT2D eigenvalue weighted by atomic mass is 9.80. The molecule has 6 rings (SSSR count). The minimum absolute atomic E-state index is 0.112. The monoisotopic (exact) mass is 523 g/mol. The van der Waals surface area contributed by atoms with E-state index >= 15 is 0 Å². The van der Waals surface area contributed by atoms with Crippen LogP contribution >= 0.6 is 0 Å². The number of anilines is 1. The molecule has 39 heavy (non-hydrogen) atoms. The summed E-state index contributed by atoms with van der Waals surface area (Å²) in [5, 5.41) is 14.0. The van der Waals surface area contributed by atoms with Gasteiger partial charge in [0.15, 0.2) is 0 Å². The molecule has 2 aliphatic heterocycles. The largest absolute Gasteiger partial charge is 0.351 e. The van der Waals surface area contributed by atoms with Gasteiger partial charge in [0.2, 0.25) is 11.8 Å². The van der Waals surface area contributed by atoms with Gasteiger partial charge in [0, 0.05) is 36.6 Å². The van der Waals surface area contributed by atoms with E-state index in [1.165, 1.54) is 28.2 Å². The number of aromatic amines is 1. The molecule has 1 aliphatic carbocycles. The molecule has 3 aromatic rings. The molecule has 1 unspecified atom stereocenters. The van der Waals surface area contributed by atoms with Crippen LogP contribution in [0.2, 0.25) is 0 Å². The van der Waals surface area contributed by atoms with Gasteiger partial charge in [-0.1, -0.05) is 44.2 Å². The van der Waals surface area contributed by atoms with E-state index in [1.807, 2.05) is 56.3 Å². The first-order valence-electron chi connectivity index (χ1n) is 13.7. The molecule has 8 heteroatoms. The number of carbonyl (C=O) groups excluding carboxylic acids is 3. The highest BCUT2D eigenvalue weighted by Crippen LogP contribution is 2.47. The summed E-state index contributed by atoms with van der Waals surface area (Å²) in [7, 11) is 1.66. The van der Waals surface area contributed by atoms with Crippen LogP contribution in [0.4, 0.5) is 5.69 Å². The third kappa shape index (κ3) is 4.08. The van der Waals surface area contributed by atoms with Crippen molar-refractivity contribution in [2.45, 2.75) is 62.9 Å². The fourth-order valence-corrected chi connectivity index (χ4v) is 6.42. The fraction of sp³-hybridized carbons (Fsp3) is 0.419. The molecule has 3 amide bonds. The van der Waals surface area contributed by atoms with Crippen LogP contribution in [0.3, 0.4) is 0 Å². The van der Waals surface area contributed by atoms with Crippen LogP contribution in [0.5, 0.6) is 0 Å². The minimum atomic E-state index is -0.964. The zero-order valence-electron chi connectivity index (χ0n) is 22.5. The van der Waals surface area contributed by atoms with Crippen LogP contribution in [-0.2, 0) is 15.0 Å². The number of amides is 3. The van der Waals surface area contributed by atoms with E-state index in [4.69, 9.17) is 0 Å². The van der Waals surface area contributed by atoms with E-state index < -0.39 is 17.5 Å². The average molecular weight is 524 g/mol. The summed E-state index contributed by atoms with van der Waals surface area (Å²) < 4.78 is 0. The van der Waals surface area contributed by atoms with Crippen molar-refractivity contribution in [1.29, 1.82) is 5.26 Å². The molecule has 3 heterocycles. The number of fused-ring (bicyclic) bond motifs is 3. The second kappa shape index (κ2) is 9.26. The number of benzene rings is 2.